The van der Waals surface area contributed by atoms with Crippen LogP contribution < -0.4 is 10.1 Å². The number of nitrogens with one attached hydrogen (secondary N) is 1. The number of thiophene rings is 1. The van der Waals surface area contributed by atoms with Gasteiger partial charge in [-0.15, -0.1) is 11.3 Å². The normalized spacial score (nSPS) is 18.0. The van der Waals surface area contributed by atoms with E-state index >= 15 is 0 Å². The average molecular weight is 289 g/mol. The summed E-state index contributed by atoms with van der Waals surface area (Å²) in [5.41, 5.74) is 0. The zero-order valence-corrected chi connectivity index (χ0v) is 11.7. The zero-order chi connectivity index (χ0) is 13.8. The van der Waals surface area contributed by atoms with Crippen molar-refractivity contribution in [3.8, 4) is 5.75 Å². The fourth-order valence-corrected chi connectivity index (χ4v) is 2.76. The average Bonchev–Trinajstić information content (AvgIpc) is 3.11. The van der Waals surface area contributed by atoms with Crippen molar-refractivity contribution in [1.82, 2.24) is 9.88 Å². The van der Waals surface area contributed by atoms with E-state index in [1.54, 1.807) is 17.3 Å². The highest BCUT2D eigenvalue weighted by Crippen LogP contribution is 2.20. The molecule has 20 heavy (non-hydrogen) atoms. The topological polar surface area (TPSA) is 54.5 Å². The third-order valence-electron chi connectivity index (χ3n) is 3.14. The van der Waals surface area contributed by atoms with Gasteiger partial charge in [-0.25, -0.2) is 4.79 Å². The maximum Gasteiger partial charge on any atom is 0.322 e. The Bertz CT molecular complexity index is 559. The Hall–Kier alpha value is -2.08. The van der Waals surface area contributed by atoms with E-state index in [1.807, 2.05) is 29.6 Å². The summed E-state index contributed by atoms with van der Waals surface area (Å²) in [6.07, 6.45) is 4.29. The molecular weight excluding hydrogens is 274 g/mol. The van der Waals surface area contributed by atoms with Crippen molar-refractivity contribution in [2.24, 2.45) is 0 Å². The van der Waals surface area contributed by atoms with Gasteiger partial charge in [0.15, 0.2) is 0 Å². The van der Waals surface area contributed by atoms with Crippen LogP contribution in [0.15, 0.2) is 42.0 Å². The van der Waals surface area contributed by atoms with Crippen LogP contribution in [0.4, 0.5) is 9.80 Å². The highest BCUT2D eigenvalue weighted by Gasteiger charge is 2.27. The predicted octanol–water partition coefficient (Wildman–Crippen LogP) is 2.83. The Labute approximate surface area is 121 Å². The Morgan fingerprint density at radius 3 is 3.00 bits per heavy atom. The first kappa shape index (κ1) is 12.9. The Morgan fingerprint density at radius 1 is 1.40 bits per heavy atom. The monoisotopic (exact) mass is 289 g/mol. The van der Waals surface area contributed by atoms with Crippen molar-refractivity contribution in [2.45, 2.75) is 12.5 Å². The lowest BCUT2D eigenvalue weighted by Crippen LogP contribution is -2.34. The number of anilines is 1. The number of ether oxygens (including phenoxy) is 1. The first-order chi connectivity index (χ1) is 9.81. The summed E-state index contributed by atoms with van der Waals surface area (Å²) >= 11 is 1.52. The Balaban J connectivity index is 1.53. The highest BCUT2D eigenvalue weighted by atomic mass is 32.1. The van der Waals surface area contributed by atoms with Gasteiger partial charge in [-0.2, -0.15) is 0 Å². The third-order valence-corrected chi connectivity index (χ3v) is 3.92. The number of likely N-dealkylation sites (tertiary alicyclic amines) is 1. The van der Waals surface area contributed by atoms with Gasteiger partial charge in [0.1, 0.15) is 11.9 Å². The minimum Gasteiger partial charge on any atom is -0.488 e. The molecule has 2 amide bonds. The maximum atomic E-state index is 12.1. The van der Waals surface area contributed by atoms with Gasteiger partial charge >= 0.3 is 6.03 Å². The van der Waals surface area contributed by atoms with E-state index in [9.17, 15) is 4.79 Å². The van der Waals surface area contributed by atoms with Crippen molar-refractivity contribution in [2.75, 3.05) is 18.4 Å². The van der Waals surface area contributed by atoms with Crippen LogP contribution in [0, 0.1) is 0 Å². The molecule has 0 unspecified atom stereocenters. The molecule has 0 bridgehead atoms. The number of amides is 2. The van der Waals surface area contributed by atoms with E-state index in [2.05, 4.69) is 10.3 Å². The quantitative estimate of drug-likeness (QED) is 0.945. The standard InChI is InChI=1S/C14H15N3O2S/c18-14(16-13-2-1-9-20-13)17-8-5-12(10-17)19-11-3-6-15-7-4-11/h1-4,6-7,9,12H,5,8,10H2,(H,16,18)/t12-/m1/s1. The van der Waals surface area contributed by atoms with Gasteiger partial charge < -0.3 is 9.64 Å². The molecule has 1 fully saturated rings. The minimum atomic E-state index is -0.0618. The van der Waals surface area contributed by atoms with E-state index in [4.69, 9.17) is 4.74 Å². The Morgan fingerprint density at radius 2 is 2.25 bits per heavy atom. The summed E-state index contributed by atoms with van der Waals surface area (Å²) in [6, 6.07) is 7.40. The fraction of sp³-hybridized carbons (Fsp3) is 0.286. The zero-order valence-electron chi connectivity index (χ0n) is 10.9. The van der Waals surface area contributed by atoms with E-state index in [-0.39, 0.29) is 12.1 Å². The van der Waals surface area contributed by atoms with E-state index in [0.717, 1.165) is 17.2 Å². The van der Waals surface area contributed by atoms with E-state index < -0.39 is 0 Å². The van der Waals surface area contributed by atoms with Crippen molar-refractivity contribution in [1.29, 1.82) is 0 Å². The van der Waals surface area contributed by atoms with Crippen LogP contribution >= 0.6 is 11.3 Å². The number of aromatic nitrogens is 1. The number of hydrogen-bond donors (Lipinski definition) is 1. The first-order valence-electron chi connectivity index (χ1n) is 6.47. The highest BCUT2D eigenvalue weighted by molar-refractivity contribution is 7.14. The van der Waals surface area contributed by atoms with Crippen molar-refractivity contribution in [3.63, 3.8) is 0 Å². The number of hydrogen-bond acceptors (Lipinski definition) is 4. The van der Waals surface area contributed by atoms with Crippen LogP contribution in [0.2, 0.25) is 0 Å². The molecule has 0 spiro atoms. The Kier molecular flexibility index (Phi) is 3.83. The van der Waals surface area contributed by atoms with Crippen LogP contribution in [0.5, 0.6) is 5.75 Å². The molecule has 3 rings (SSSR count). The lowest BCUT2D eigenvalue weighted by molar-refractivity contribution is 0.195. The lowest BCUT2D eigenvalue weighted by Gasteiger charge is -2.17. The largest absolute Gasteiger partial charge is 0.488 e. The summed E-state index contributed by atoms with van der Waals surface area (Å²) in [6.45, 7) is 1.33. The molecule has 0 radical (unpaired) electrons. The lowest BCUT2D eigenvalue weighted by atomic mass is 10.3. The molecule has 6 heteroatoms. The van der Waals surface area contributed by atoms with Crippen LogP contribution in [0.3, 0.4) is 0 Å². The smallest absolute Gasteiger partial charge is 0.322 e. The number of nitrogens with zero attached hydrogens (tertiary/aromatic N) is 2. The maximum absolute atomic E-state index is 12.1. The molecule has 1 aliphatic rings. The van der Waals surface area contributed by atoms with Gasteiger partial charge in [-0.05, 0) is 29.6 Å². The second kappa shape index (κ2) is 5.92. The molecule has 1 aliphatic heterocycles. The molecule has 0 aliphatic carbocycles. The van der Waals surface area contributed by atoms with Crippen molar-refractivity contribution < 1.29 is 9.53 Å². The molecular formula is C14H15N3O2S. The van der Waals surface area contributed by atoms with Gasteiger partial charge in [0.25, 0.3) is 0 Å². The number of rotatable bonds is 3. The minimum absolute atomic E-state index is 0.0477. The molecule has 5 nitrogen and oxygen atoms in total. The second-order valence-electron chi connectivity index (χ2n) is 4.56. The van der Waals surface area contributed by atoms with Crippen LogP contribution in [0.25, 0.3) is 0 Å². The molecule has 0 aromatic carbocycles. The third kappa shape index (κ3) is 3.08. The van der Waals surface area contributed by atoms with Crippen molar-refractivity contribution >= 4 is 22.4 Å². The number of carbonyl (C=O) groups excluding carboxylic acids is 1. The van der Waals surface area contributed by atoms with Crippen LogP contribution in [-0.2, 0) is 0 Å². The van der Waals surface area contributed by atoms with E-state index in [0.29, 0.717) is 13.1 Å². The van der Waals surface area contributed by atoms with Gasteiger partial charge in [0.2, 0.25) is 0 Å². The molecule has 0 saturated carbocycles. The molecule has 3 heterocycles. The molecule has 1 N–H and O–H groups in total. The number of urea groups is 1. The summed E-state index contributed by atoms with van der Waals surface area (Å²) in [4.78, 5) is 17.8. The predicted molar refractivity (Wildman–Crippen MR) is 78.2 cm³/mol. The van der Waals surface area contributed by atoms with Gasteiger partial charge in [-0.3, -0.25) is 10.3 Å². The number of pyridine rings is 1. The summed E-state index contributed by atoms with van der Waals surface area (Å²) in [7, 11) is 0. The second-order valence-corrected chi connectivity index (χ2v) is 5.51. The van der Waals surface area contributed by atoms with Gasteiger partial charge in [0.05, 0.1) is 11.5 Å². The van der Waals surface area contributed by atoms with Gasteiger partial charge in [0, 0.05) is 25.4 Å². The fourth-order valence-electron chi connectivity index (χ4n) is 2.15. The molecule has 1 saturated heterocycles. The number of carbonyl (C=O) groups is 1. The van der Waals surface area contributed by atoms with Crippen molar-refractivity contribution in [3.05, 3.63) is 42.0 Å². The molecule has 104 valence electrons. The summed E-state index contributed by atoms with van der Waals surface area (Å²) in [5.74, 6) is 0.797. The first-order valence-corrected chi connectivity index (χ1v) is 7.35. The van der Waals surface area contributed by atoms with E-state index in [1.165, 1.54) is 11.3 Å². The summed E-state index contributed by atoms with van der Waals surface area (Å²) < 4.78 is 5.83. The molecule has 1 atom stereocenters. The van der Waals surface area contributed by atoms with Crippen LogP contribution in [0.1, 0.15) is 6.42 Å². The van der Waals surface area contributed by atoms with Gasteiger partial charge in [-0.1, -0.05) is 0 Å². The SMILES string of the molecule is O=C(Nc1cccs1)N1CC[C@@H](Oc2ccncc2)C1. The molecule has 2 aromatic rings. The summed E-state index contributed by atoms with van der Waals surface area (Å²) in [5, 5.41) is 5.70. The van der Waals surface area contributed by atoms with Crippen LogP contribution in [-0.4, -0.2) is 35.1 Å². The molecule has 2 aromatic heterocycles.